The van der Waals surface area contributed by atoms with Crippen LogP contribution in [0.3, 0.4) is 0 Å². The normalized spacial score (nSPS) is 11.8. The van der Waals surface area contributed by atoms with Crippen LogP contribution < -0.4 is 14.2 Å². The van der Waals surface area contributed by atoms with Crippen LogP contribution in [0.2, 0.25) is 0 Å². The van der Waals surface area contributed by atoms with E-state index in [2.05, 4.69) is 30.0 Å². The van der Waals surface area contributed by atoms with E-state index in [1.165, 1.54) is 35.5 Å². The summed E-state index contributed by atoms with van der Waals surface area (Å²) in [5.74, 6) is 4.86. The number of amides is 1. The topological polar surface area (TPSA) is 147 Å². The van der Waals surface area contributed by atoms with Crippen molar-refractivity contribution in [1.82, 2.24) is 9.80 Å². The lowest BCUT2D eigenvalue weighted by Gasteiger charge is -2.24. The van der Waals surface area contributed by atoms with Gasteiger partial charge < -0.3 is 28.6 Å². The van der Waals surface area contributed by atoms with Gasteiger partial charge in [-0.15, -0.1) is 17.5 Å². The maximum atomic E-state index is 16.4. The second-order valence-corrected chi connectivity index (χ2v) is 12.4. The summed E-state index contributed by atoms with van der Waals surface area (Å²) < 4.78 is 43.1. The van der Waals surface area contributed by atoms with E-state index in [1.807, 2.05) is 18.7 Å². The number of ether oxygens (including phenoxy) is 5. The summed E-state index contributed by atoms with van der Waals surface area (Å²) in [5.41, 5.74) is 0.382. The average Bonchev–Trinajstić information content (AvgIpc) is 3.36. The lowest BCUT2D eigenvalue weighted by atomic mass is 9.95. The van der Waals surface area contributed by atoms with Crippen LogP contribution >= 0.6 is 11.6 Å². The largest absolute Gasteiger partial charge is 0.514 e. The molecule has 0 atom stereocenters. The molecule has 296 valence electrons. The Morgan fingerprint density at radius 2 is 1.73 bits per heavy atom. The molecular weight excluding hydrogens is 737 g/mol. The minimum atomic E-state index is -1.11. The number of alkyl halides is 1. The van der Waals surface area contributed by atoms with E-state index in [9.17, 15) is 24.5 Å². The fourth-order valence-corrected chi connectivity index (χ4v) is 5.00. The Hall–Kier alpha value is -5.65. The van der Waals surface area contributed by atoms with Crippen LogP contribution in [0.1, 0.15) is 52.7 Å². The molecule has 0 spiro atoms. The summed E-state index contributed by atoms with van der Waals surface area (Å²) in [7, 11) is 1.57. The highest BCUT2D eigenvalue weighted by molar-refractivity contribution is 6.15. The minimum absolute atomic E-state index is 0.00370. The van der Waals surface area contributed by atoms with Crippen molar-refractivity contribution < 1.29 is 47.4 Å². The molecule has 3 aromatic carbocycles. The summed E-state index contributed by atoms with van der Waals surface area (Å²) in [4.78, 5) is 51.1. The predicted molar refractivity (Wildman–Crippen MR) is 207 cm³/mol. The highest BCUT2D eigenvalue weighted by Gasteiger charge is 2.27. The maximum absolute atomic E-state index is 16.4. The first-order chi connectivity index (χ1) is 26.2. The number of hydrogen-bond acceptors (Lipinski definition) is 11. The molecule has 0 N–H and O–H groups in total. The molecule has 0 fully saturated rings. The van der Waals surface area contributed by atoms with Gasteiger partial charge in [-0.05, 0) is 52.0 Å². The monoisotopic (exact) mass is 783 g/mol. The summed E-state index contributed by atoms with van der Waals surface area (Å²) in [5, 5.41) is 10.8. The molecule has 4 rings (SSSR count). The van der Waals surface area contributed by atoms with Gasteiger partial charge in [-0.3, -0.25) is 19.8 Å². The van der Waals surface area contributed by atoms with Gasteiger partial charge in [0.2, 0.25) is 0 Å². The van der Waals surface area contributed by atoms with Crippen LogP contribution in [-0.2, 0) is 20.8 Å². The third kappa shape index (κ3) is 13.6. The number of carbonyl (C=O) groups is 3. The van der Waals surface area contributed by atoms with Crippen LogP contribution in [0.4, 0.5) is 19.7 Å². The number of non-ortho nitro benzene ring substituents is 1. The van der Waals surface area contributed by atoms with E-state index in [-0.39, 0.29) is 47.2 Å². The molecule has 0 saturated heterocycles. The van der Waals surface area contributed by atoms with Gasteiger partial charge in [0, 0.05) is 79.6 Å². The van der Waals surface area contributed by atoms with Gasteiger partial charge in [0.05, 0.1) is 4.92 Å². The Labute approximate surface area is 326 Å². The smallest absolute Gasteiger partial charge is 0.489 e. The van der Waals surface area contributed by atoms with E-state index < -0.39 is 41.2 Å². The molecule has 0 unspecified atom stereocenters. The quantitative estimate of drug-likeness (QED) is 0.0372. The number of benzene rings is 3. The van der Waals surface area contributed by atoms with Gasteiger partial charge in [0.15, 0.2) is 11.6 Å². The van der Waals surface area contributed by atoms with Crippen molar-refractivity contribution in [3.05, 3.63) is 93.8 Å². The highest BCUT2D eigenvalue weighted by Crippen LogP contribution is 2.41. The molecule has 1 heterocycles. The molecule has 0 bridgehead atoms. The van der Waals surface area contributed by atoms with Crippen LogP contribution in [0.15, 0.2) is 66.7 Å². The van der Waals surface area contributed by atoms with Gasteiger partial charge in [0.1, 0.15) is 30.3 Å². The SMILES string of the molecule is C=C(COC(=O)Oc1ccc([N+](=O)[O-])cc1)C(=O)N(C)CCN1CCOc2c(cc(C#CC)c(-c3ccccc3OC(=O)OC(C)(C)C)c2F)C1.CC.CCl. The molecule has 0 radical (unpaired) electrons. The molecule has 0 saturated carbocycles. The first kappa shape index (κ1) is 45.5. The first-order valence-electron chi connectivity index (χ1n) is 17.2. The predicted octanol–water partition coefficient (Wildman–Crippen LogP) is 8.39. The number of rotatable bonds is 10. The fraction of sp³-hybridized carbons (Fsp3) is 0.375. The molecule has 13 nitrogen and oxygen atoms in total. The minimum Gasteiger partial charge on any atom is -0.489 e. The molecule has 3 aromatic rings. The third-order valence-corrected chi connectivity index (χ3v) is 7.36. The van der Waals surface area contributed by atoms with Crippen molar-refractivity contribution in [3.8, 4) is 40.2 Å². The highest BCUT2D eigenvalue weighted by atomic mass is 35.5. The summed E-state index contributed by atoms with van der Waals surface area (Å²) >= 11 is 4.64. The Morgan fingerprint density at radius 3 is 2.35 bits per heavy atom. The molecule has 0 aliphatic carbocycles. The lowest BCUT2D eigenvalue weighted by molar-refractivity contribution is -0.384. The van der Waals surface area contributed by atoms with Crippen LogP contribution in [0.5, 0.6) is 17.2 Å². The van der Waals surface area contributed by atoms with Crippen LogP contribution in [-0.4, -0.2) is 84.8 Å². The van der Waals surface area contributed by atoms with Crippen molar-refractivity contribution >= 4 is 35.5 Å². The number of likely N-dealkylation sites (N-methyl/N-ethyl adjacent to an activating group) is 1. The third-order valence-electron chi connectivity index (χ3n) is 7.36. The van der Waals surface area contributed by atoms with E-state index >= 15 is 4.39 Å². The molecule has 1 aliphatic rings. The molecule has 0 aromatic heterocycles. The van der Waals surface area contributed by atoms with Gasteiger partial charge in [-0.1, -0.05) is 44.5 Å². The van der Waals surface area contributed by atoms with Gasteiger partial charge in [-0.2, -0.15) is 0 Å². The molecule has 1 amide bonds. The summed E-state index contributed by atoms with van der Waals surface area (Å²) in [6, 6.07) is 13.1. The molecule has 1 aliphatic heterocycles. The zero-order chi connectivity index (χ0) is 41.3. The molecular formula is C40H47ClFN3O10. The Kier molecular flexibility index (Phi) is 18.1. The number of hydrogen-bond donors (Lipinski definition) is 0. The van der Waals surface area contributed by atoms with Crippen LogP contribution in [0.25, 0.3) is 11.1 Å². The zero-order valence-corrected chi connectivity index (χ0v) is 33.1. The lowest BCUT2D eigenvalue weighted by Crippen LogP contribution is -2.38. The van der Waals surface area contributed by atoms with Crippen molar-refractivity contribution in [2.24, 2.45) is 0 Å². The van der Waals surface area contributed by atoms with E-state index in [0.29, 0.717) is 36.3 Å². The number of halogens is 2. The van der Waals surface area contributed by atoms with E-state index in [0.717, 1.165) is 0 Å². The molecule has 15 heteroatoms. The van der Waals surface area contributed by atoms with Crippen molar-refractivity contribution in [1.29, 1.82) is 0 Å². The van der Waals surface area contributed by atoms with Crippen LogP contribution in [0, 0.1) is 27.8 Å². The van der Waals surface area contributed by atoms with Gasteiger partial charge >= 0.3 is 12.3 Å². The first-order valence-corrected chi connectivity index (χ1v) is 18.0. The van der Waals surface area contributed by atoms with E-state index in [1.54, 1.807) is 65.1 Å². The zero-order valence-electron chi connectivity index (χ0n) is 32.3. The number of carbonyl (C=O) groups excluding carboxylic acids is 3. The number of nitro groups is 1. The Bertz CT molecular complexity index is 1880. The fourth-order valence-electron chi connectivity index (χ4n) is 5.00. The summed E-state index contributed by atoms with van der Waals surface area (Å²) in [6.45, 7) is 15.6. The summed E-state index contributed by atoms with van der Waals surface area (Å²) in [6.07, 6.45) is -0.563. The number of fused-ring (bicyclic) bond motifs is 1. The Morgan fingerprint density at radius 1 is 1.07 bits per heavy atom. The van der Waals surface area contributed by atoms with Gasteiger partial charge in [0.25, 0.3) is 11.6 Å². The van der Waals surface area contributed by atoms with Gasteiger partial charge in [-0.25, -0.2) is 14.0 Å². The number of nitrogens with zero attached hydrogens (tertiary/aromatic N) is 3. The second-order valence-electron chi connectivity index (χ2n) is 12.4. The average molecular weight is 784 g/mol. The number of para-hydroxylation sites is 1. The van der Waals surface area contributed by atoms with E-state index in [4.69, 9.17) is 23.7 Å². The second kappa shape index (κ2) is 21.9. The Balaban J connectivity index is 0.00000253. The van der Waals surface area contributed by atoms with Crippen molar-refractivity contribution in [2.45, 2.75) is 53.7 Å². The van der Waals surface area contributed by atoms with Crippen molar-refractivity contribution in [3.63, 3.8) is 0 Å². The maximum Gasteiger partial charge on any atom is 0.514 e. The number of nitro benzene ring substituents is 1. The standard InChI is InChI=1S/C37H38FN3O10.C2H6.CH3Cl/c1-7-10-25-21-26-22-40(18-17-39(6)34(42)24(2)23-48-35(43)49-28-15-13-27(14-16-28)41(45)46)19-20-47-33(26)32(38)31(25)29-11-8-9-12-30(29)50-36(44)51-37(3,4)5;2*1-2/h8-9,11-16,21H,2,17-20,22-23H2,1,3-6H3;1-2H3;1H3. The molecule has 55 heavy (non-hydrogen) atoms. The van der Waals surface area contributed by atoms with Crippen molar-refractivity contribution in [2.75, 3.05) is 46.3 Å².